The number of nitrogen functional groups attached to an aromatic ring is 1. The molecule has 2 aromatic rings. The van der Waals surface area contributed by atoms with Crippen LogP contribution < -0.4 is 16.4 Å². The number of fused-ring (bicyclic) bond motifs is 2. The second-order valence-electron chi connectivity index (χ2n) is 6.39. The highest BCUT2D eigenvalue weighted by atomic mass is 35.5. The van der Waals surface area contributed by atoms with Crippen molar-refractivity contribution in [2.45, 2.75) is 18.9 Å². The number of nitrogens with one attached hydrogen (secondary N) is 1. The zero-order valence-electron chi connectivity index (χ0n) is 14.6. The van der Waals surface area contributed by atoms with E-state index in [1.54, 1.807) is 0 Å². The summed E-state index contributed by atoms with van der Waals surface area (Å²) in [5.74, 6) is 2.67. The van der Waals surface area contributed by atoms with Crippen LogP contribution >= 0.6 is 11.6 Å². The van der Waals surface area contributed by atoms with Gasteiger partial charge in [-0.15, -0.1) is 6.42 Å². The van der Waals surface area contributed by atoms with E-state index in [0.29, 0.717) is 23.7 Å². The van der Waals surface area contributed by atoms with Gasteiger partial charge in [0.2, 0.25) is 0 Å². The molecule has 1 atom stereocenters. The summed E-state index contributed by atoms with van der Waals surface area (Å²) in [5, 5.41) is 8.19. The Hall–Kier alpha value is -2.68. The van der Waals surface area contributed by atoms with E-state index in [-0.39, 0.29) is 12.4 Å². The summed E-state index contributed by atoms with van der Waals surface area (Å²) >= 11 is 6.28. The van der Waals surface area contributed by atoms with Gasteiger partial charge >= 0.3 is 0 Å². The van der Waals surface area contributed by atoms with Crippen molar-refractivity contribution < 1.29 is 4.74 Å². The number of nitrogens with two attached hydrogens (primary N) is 2. The number of nitrogens with zero attached hydrogens (tertiary/aromatic N) is 1. The Balaban J connectivity index is 2.23. The minimum Gasteiger partial charge on any atom is -0.399 e. The molecular formula is C20H21ClN4O. The Morgan fingerprint density at radius 3 is 2.58 bits per heavy atom. The molecule has 1 heterocycles. The van der Waals surface area contributed by atoms with Crippen LogP contribution in [-0.4, -0.2) is 19.0 Å². The van der Waals surface area contributed by atoms with Crippen LogP contribution in [0.5, 0.6) is 0 Å². The van der Waals surface area contributed by atoms with Crippen molar-refractivity contribution in [3.8, 4) is 12.3 Å². The van der Waals surface area contributed by atoms with Gasteiger partial charge < -0.3 is 21.1 Å². The highest BCUT2D eigenvalue weighted by molar-refractivity contribution is 6.30. The summed E-state index contributed by atoms with van der Waals surface area (Å²) < 4.78 is 6.11. The third kappa shape index (κ3) is 3.10. The van der Waals surface area contributed by atoms with E-state index in [1.807, 2.05) is 43.3 Å². The first-order valence-electron chi connectivity index (χ1n) is 8.24. The fraction of sp³-hybridized carbons (Fsp3) is 0.250. The largest absolute Gasteiger partial charge is 0.399 e. The lowest BCUT2D eigenvalue weighted by Gasteiger charge is -2.43. The van der Waals surface area contributed by atoms with Crippen LogP contribution in [0.4, 0.5) is 17.1 Å². The molecule has 134 valence electrons. The van der Waals surface area contributed by atoms with Gasteiger partial charge in [0.25, 0.3) is 0 Å². The molecule has 3 rings (SSSR count). The van der Waals surface area contributed by atoms with Crippen LogP contribution in [0.1, 0.15) is 24.5 Å². The Bertz CT molecular complexity index is 850. The predicted octanol–water partition coefficient (Wildman–Crippen LogP) is 3.61. The number of amidine groups is 1. The van der Waals surface area contributed by atoms with Crippen molar-refractivity contribution in [3.63, 3.8) is 0 Å². The number of halogens is 1. The van der Waals surface area contributed by atoms with Crippen LogP contribution in [0.25, 0.3) is 0 Å². The molecule has 5 N–H and O–H groups in total. The van der Waals surface area contributed by atoms with Gasteiger partial charge in [-0.25, -0.2) is 0 Å². The Kier molecular flexibility index (Phi) is 4.82. The SMILES string of the molecule is C#CCOC1(C)c2cc(N)ccc2N(CCC(=N)N)c2ccc(Cl)cc21. The molecule has 0 aromatic heterocycles. The van der Waals surface area contributed by atoms with Gasteiger partial charge in [-0.2, -0.15) is 0 Å². The average molecular weight is 369 g/mol. The molecule has 0 spiro atoms. The third-order valence-electron chi connectivity index (χ3n) is 4.64. The maximum atomic E-state index is 7.58. The quantitative estimate of drug-likeness (QED) is 0.325. The fourth-order valence-corrected chi connectivity index (χ4v) is 3.56. The van der Waals surface area contributed by atoms with Gasteiger partial charge in [0.15, 0.2) is 0 Å². The van der Waals surface area contributed by atoms with Crippen molar-refractivity contribution in [2.24, 2.45) is 5.73 Å². The number of ether oxygens (including phenoxy) is 1. The van der Waals surface area contributed by atoms with E-state index in [2.05, 4.69) is 10.8 Å². The number of hydrogen-bond donors (Lipinski definition) is 3. The number of terminal acetylenes is 1. The molecule has 1 aliphatic rings. The van der Waals surface area contributed by atoms with Crippen molar-refractivity contribution in [3.05, 3.63) is 52.5 Å². The highest BCUT2D eigenvalue weighted by Gasteiger charge is 2.41. The monoisotopic (exact) mass is 368 g/mol. The minimum absolute atomic E-state index is 0.134. The van der Waals surface area contributed by atoms with Crippen LogP contribution in [0, 0.1) is 17.8 Å². The molecule has 5 nitrogen and oxygen atoms in total. The second kappa shape index (κ2) is 6.91. The second-order valence-corrected chi connectivity index (χ2v) is 6.83. The molecule has 0 radical (unpaired) electrons. The van der Waals surface area contributed by atoms with E-state index < -0.39 is 5.60 Å². The van der Waals surface area contributed by atoms with E-state index in [1.165, 1.54) is 0 Å². The molecule has 0 fully saturated rings. The molecule has 6 heteroatoms. The first kappa shape index (κ1) is 18.1. The van der Waals surface area contributed by atoms with Crippen LogP contribution in [-0.2, 0) is 10.3 Å². The standard InChI is InChI=1S/C20H21ClN4O/c1-3-10-26-20(2)15-11-13(21)4-6-17(15)25(9-8-19(23)24)18-7-5-14(22)12-16(18)20/h1,4-7,11-12H,8-10,22H2,2H3,(H3,23,24). The summed E-state index contributed by atoms with van der Waals surface area (Å²) in [6, 6.07) is 11.4. The molecule has 0 bridgehead atoms. The van der Waals surface area contributed by atoms with Crippen LogP contribution in [0.15, 0.2) is 36.4 Å². The Morgan fingerprint density at radius 1 is 1.27 bits per heavy atom. The zero-order valence-corrected chi connectivity index (χ0v) is 15.3. The lowest BCUT2D eigenvalue weighted by molar-refractivity contribution is 0.0167. The normalized spacial score (nSPS) is 18.0. The summed E-state index contributed by atoms with van der Waals surface area (Å²) in [6.07, 6.45) is 5.88. The Labute approximate surface area is 158 Å². The summed E-state index contributed by atoms with van der Waals surface area (Å²) in [7, 11) is 0. The highest BCUT2D eigenvalue weighted by Crippen LogP contribution is 2.50. The van der Waals surface area contributed by atoms with E-state index >= 15 is 0 Å². The maximum Gasteiger partial charge on any atom is 0.121 e. The molecule has 1 aliphatic heterocycles. The lowest BCUT2D eigenvalue weighted by Crippen LogP contribution is -2.38. The molecular weight excluding hydrogens is 348 g/mol. The number of benzene rings is 2. The van der Waals surface area contributed by atoms with Gasteiger partial charge in [-0.3, -0.25) is 5.41 Å². The first-order chi connectivity index (χ1) is 12.4. The average Bonchev–Trinajstić information content (AvgIpc) is 2.60. The van der Waals surface area contributed by atoms with E-state index in [4.69, 9.17) is 39.6 Å². The predicted molar refractivity (Wildman–Crippen MR) is 107 cm³/mol. The number of rotatable bonds is 5. The van der Waals surface area contributed by atoms with Crippen LogP contribution in [0.2, 0.25) is 5.02 Å². The molecule has 26 heavy (non-hydrogen) atoms. The molecule has 0 amide bonds. The maximum absolute atomic E-state index is 7.58. The smallest absolute Gasteiger partial charge is 0.121 e. The van der Waals surface area contributed by atoms with E-state index in [9.17, 15) is 0 Å². The van der Waals surface area contributed by atoms with Crippen LogP contribution in [0.3, 0.4) is 0 Å². The van der Waals surface area contributed by atoms with Gasteiger partial charge in [0.1, 0.15) is 12.2 Å². The topological polar surface area (TPSA) is 88.4 Å². The molecule has 2 aromatic carbocycles. The summed E-state index contributed by atoms with van der Waals surface area (Å²) in [5.41, 5.74) is 15.2. The zero-order chi connectivity index (χ0) is 18.9. The summed E-state index contributed by atoms with van der Waals surface area (Å²) in [6.45, 7) is 2.69. The molecule has 0 saturated carbocycles. The Morgan fingerprint density at radius 2 is 1.92 bits per heavy atom. The summed E-state index contributed by atoms with van der Waals surface area (Å²) in [4.78, 5) is 2.11. The number of anilines is 3. The van der Waals surface area contributed by atoms with Crippen molar-refractivity contribution in [1.29, 1.82) is 5.41 Å². The van der Waals surface area contributed by atoms with Gasteiger partial charge in [-0.1, -0.05) is 17.5 Å². The van der Waals surface area contributed by atoms with Gasteiger partial charge in [-0.05, 0) is 43.3 Å². The number of hydrogen-bond acceptors (Lipinski definition) is 4. The first-order valence-corrected chi connectivity index (χ1v) is 8.62. The van der Waals surface area contributed by atoms with Crippen molar-refractivity contribution in [1.82, 2.24) is 0 Å². The van der Waals surface area contributed by atoms with Crippen molar-refractivity contribution >= 4 is 34.5 Å². The molecule has 1 unspecified atom stereocenters. The fourth-order valence-electron chi connectivity index (χ4n) is 3.39. The lowest BCUT2D eigenvalue weighted by atomic mass is 9.81. The van der Waals surface area contributed by atoms with Gasteiger partial charge in [0.05, 0.1) is 5.84 Å². The molecule has 0 aliphatic carbocycles. The van der Waals surface area contributed by atoms with E-state index in [0.717, 1.165) is 22.5 Å². The minimum atomic E-state index is -0.788. The van der Waals surface area contributed by atoms with Gasteiger partial charge in [0, 0.05) is 46.2 Å². The third-order valence-corrected chi connectivity index (χ3v) is 4.87. The van der Waals surface area contributed by atoms with Crippen molar-refractivity contribution in [2.75, 3.05) is 23.8 Å². The molecule has 0 saturated heterocycles.